The fourth-order valence-corrected chi connectivity index (χ4v) is 3.11. The van der Waals surface area contributed by atoms with Crippen LogP contribution in [0.2, 0.25) is 0 Å². The van der Waals surface area contributed by atoms with E-state index in [2.05, 4.69) is 4.98 Å². The SMILES string of the molecule is N=C(N)c1sc(CCOc2ccccc2F)nc1C1CC1. The summed E-state index contributed by atoms with van der Waals surface area (Å²) in [6.45, 7) is 0.357. The summed E-state index contributed by atoms with van der Waals surface area (Å²) >= 11 is 1.44. The molecule has 1 aliphatic rings. The lowest BCUT2D eigenvalue weighted by molar-refractivity contribution is 0.305. The van der Waals surface area contributed by atoms with Crippen molar-refractivity contribution < 1.29 is 9.13 Å². The summed E-state index contributed by atoms with van der Waals surface area (Å²) in [6.07, 6.45) is 2.83. The summed E-state index contributed by atoms with van der Waals surface area (Å²) in [7, 11) is 0. The molecular formula is C15H16FN3OS. The molecule has 0 spiro atoms. The Morgan fingerprint density at radius 2 is 2.19 bits per heavy atom. The Bertz CT molecular complexity index is 667. The molecule has 1 aromatic carbocycles. The van der Waals surface area contributed by atoms with Crippen molar-refractivity contribution in [3.05, 3.63) is 45.7 Å². The van der Waals surface area contributed by atoms with Crippen molar-refractivity contribution in [1.29, 1.82) is 5.41 Å². The smallest absolute Gasteiger partial charge is 0.165 e. The van der Waals surface area contributed by atoms with Gasteiger partial charge in [0, 0.05) is 12.3 Å². The van der Waals surface area contributed by atoms with E-state index >= 15 is 0 Å². The first-order valence-corrected chi connectivity index (χ1v) is 7.68. The van der Waals surface area contributed by atoms with E-state index < -0.39 is 0 Å². The summed E-state index contributed by atoms with van der Waals surface area (Å²) in [6, 6.07) is 6.34. The lowest BCUT2D eigenvalue weighted by atomic mass is 10.2. The van der Waals surface area contributed by atoms with Gasteiger partial charge in [-0.3, -0.25) is 5.41 Å². The van der Waals surface area contributed by atoms with Crippen LogP contribution in [0.3, 0.4) is 0 Å². The standard InChI is InChI=1S/C15H16FN3OS/c16-10-3-1-2-4-11(10)20-8-7-12-19-13(9-5-6-9)14(21-12)15(17)18/h1-4,9H,5-8H2,(H3,17,18). The van der Waals surface area contributed by atoms with E-state index in [1.807, 2.05) is 0 Å². The van der Waals surface area contributed by atoms with Gasteiger partial charge in [-0.05, 0) is 25.0 Å². The number of aromatic nitrogens is 1. The number of rotatable bonds is 6. The lowest BCUT2D eigenvalue weighted by Gasteiger charge is -2.05. The van der Waals surface area contributed by atoms with E-state index in [0.717, 1.165) is 28.4 Å². The number of benzene rings is 1. The van der Waals surface area contributed by atoms with E-state index in [-0.39, 0.29) is 17.4 Å². The number of nitrogens with zero attached hydrogens (tertiary/aromatic N) is 1. The first-order chi connectivity index (χ1) is 10.1. The molecule has 3 N–H and O–H groups in total. The maximum Gasteiger partial charge on any atom is 0.165 e. The average molecular weight is 305 g/mol. The van der Waals surface area contributed by atoms with E-state index in [9.17, 15) is 4.39 Å². The van der Waals surface area contributed by atoms with Gasteiger partial charge in [0.1, 0.15) is 5.84 Å². The molecule has 0 bridgehead atoms. The second kappa shape index (κ2) is 5.81. The summed E-state index contributed by atoms with van der Waals surface area (Å²) in [5, 5.41) is 8.51. The van der Waals surface area contributed by atoms with E-state index in [0.29, 0.717) is 18.9 Å². The Morgan fingerprint density at radius 3 is 2.86 bits per heavy atom. The number of hydrogen-bond donors (Lipinski definition) is 2. The van der Waals surface area contributed by atoms with Crippen molar-refractivity contribution in [1.82, 2.24) is 4.98 Å². The molecule has 0 unspecified atom stereocenters. The highest BCUT2D eigenvalue weighted by Gasteiger charge is 2.30. The molecule has 0 aliphatic heterocycles. The van der Waals surface area contributed by atoms with Gasteiger partial charge >= 0.3 is 0 Å². The zero-order valence-corrected chi connectivity index (χ0v) is 12.3. The molecule has 1 aromatic heterocycles. The van der Waals surface area contributed by atoms with Gasteiger partial charge in [0.25, 0.3) is 0 Å². The molecule has 1 heterocycles. The minimum atomic E-state index is -0.361. The van der Waals surface area contributed by atoms with Crippen LogP contribution in [0.5, 0.6) is 5.75 Å². The highest BCUT2D eigenvalue weighted by atomic mass is 32.1. The van der Waals surface area contributed by atoms with Crippen LogP contribution in [0.15, 0.2) is 24.3 Å². The van der Waals surface area contributed by atoms with Crippen molar-refractivity contribution in [2.75, 3.05) is 6.61 Å². The molecule has 0 amide bonds. The third-order valence-electron chi connectivity index (χ3n) is 3.32. The second-order valence-electron chi connectivity index (χ2n) is 5.04. The molecular weight excluding hydrogens is 289 g/mol. The molecule has 110 valence electrons. The largest absolute Gasteiger partial charge is 0.490 e. The van der Waals surface area contributed by atoms with Gasteiger partial charge in [0.05, 0.1) is 22.2 Å². The highest BCUT2D eigenvalue weighted by Crippen LogP contribution is 2.42. The predicted octanol–water partition coefficient (Wildman–Crippen LogP) is 3.07. The molecule has 0 atom stereocenters. The Balaban J connectivity index is 1.64. The van der Waals surface area contributed by atoms with Crippen LogP contribution in [-0.4, -0.2) is 17.4 Å². The number of nitrogens with two attached hydrogens (primary N) is 1. The van der Waals surface area contributed by atoms with Crippen molar-refractivity contribution in [2.24, 2.45) is 5.73 Å². The van der Waals surface area contributed by atoms with Crippen LogP contribution in [0.25, 0.3) is 0 Å². The molecule has 1 fully saturated rings. The van der Waals surface area contributed by atoms with Crippen molar-refractivity contribution >= 4 is 17.2 Å². The number of nitrogens with one attached hydrogen (secondary N) is 1. The van der Waals surface area contributed by atoms with Gasteiger partial charge in [-0.25, -0.2) is 9.37 Å². The Kier molecular flexibility index (Phi) is 3.88. The van der Waals surface area contributed by atoms with Crippen molar-refractivity contribution in [2.45, 2.75) is 25.2 Å². The summed E-state index contributed by atoms with van der Waals surface area (Å²) in [5.74, 6) is 0.431. The highest BCUT2D eigenvalue weighted by molar-refractivity contribution is 7.13. The molecule has 1 aliphatic carbocycles. The fraction of sp³-hybridized carbons (Fsp3) is 0.333. The first-order valence-electron chi connectivity index (χ1n) is 6.86. The van der Waals surface area contributed by atoms with Gasteiger partial charge in [0.15, 0.2) is 11.6 Å². The molecule has 0 saturated heterocycles. The summed E-state index contributed by atoms with van der Waals surface area (Å²) in [4.78, 5) is 5.35. The quantitative estimate of drug-likeness (QED) is 0.636. The van der Waals surface area contributed by atoms with E-state index in [1.165, 1.54) is 17.4 Å². The number of ether oxygens (including phenoxy) is 1. The molecule has 2 aromatic rings. The number of para-hydroxylation sites is 1. The Morgan fingerprint density at radius 1 is 1.43 bits per heavy atom. The van der Waals surface area contributed by atoms with Crippen molar-refractivity contribution in [3.8, 4) is 5.75 Å². The summed E-state index contributed by atoms with van der Waals surface area (Å²) in [5.41, 5.74) is 6.56. The first kappa shape index (κ1) is 14.0. The molecule has 6 heteroatoms. The number of amidine groups is 1. The molecule has 3 rings (SSSR count). The number of hydrogen-bond acceptors (Lipinski definition) is 4. The monoisotopic (exact) mass is 305 g/mol. The van der Waals surface area contributed by atoms with Gasteiger partial charge in [0.2, 0.25) is 0 Å². The van der Waals surface area contributed by atoms with Gasteiger partial charge in [-0.1, -0.05) is 12.1 Å². The van der Waals surface area contributed by atoms with Gasteiger partial charge in [-0.2, -0.15) is 0 Å². The predicted molar refractivity (Wildman–Crippen MR) is 80.7 cm³/mol. The van der Waals surface area contributed by atoms with Crippen LogP contribution in [0, 0.1) is 11.2 Å². The third kappa shape index (κ3) is 3.21. The third-order valence-corrected chi connectivity index (χ3v) is 4.48. The van der Waals surface area contributed by atoms with Gasteiger partial charge in [-0.15, -0.1) is 11.3 Å². The number of thiazole rings is 1. The molecule has 21 heavy (non-hydrogen) atoms. The van der Waals surface area contributed by atoms with Crippen LogP contribution >= 0.6 is 11.3 Å². The Hall–Kier alpha value is -1.95. The average Bonchev–Trinajstić information content (AvgIpc) is 3.21. The normalized spacial score (nSPS) is 14.1. The summed E-state index contributed by atoms with van der Waals surface area (Å²) < 4.78 is 18.9. The molecule has 4 nitrogen and oxygen atoms in total. The van der Waals surface area contributed by atoms with Crippen LogP contribution < -0.4 is 10.5 Å². The minimum Gasteiger partial charge on any atom is -0.490 e. The van der Waals surface area contributed by atoms with Crippen molar-refractivity contribution in [3.63, 3.8) is 0 Å². The zero-order valence-electron chi connectivity index (χ0n) is 11.4. The maximum absolute atomic E-state index is 13.4. The molecule has 0 radical (unpaired) electrons. The van der Waals surface area contributed by atoms with E-state index in [1.54, 1.807) is 18.2 Å². The zero-order chi connectivity index (χ0) is 14.8. The number of halogens is 1. The fourth-order valence-electron chi connectivity index (χ4n) is 2.12. The number of nitrogen functional groups attached to an aromatic ring is 1. The topological polar surface area (TPSA) is 72.0 Å². The molecule has 1 saturated carbocycles. The second-order valence-corrected chi connectivity index (χ2v) is 6.12. The van der Waals surface area contributed by atoms with Crippen LogP contribution in [-0.2, 0) is 6.42 Å². The lowest BCUT2D eigenvalue weighted by Crippen LogP contribution is -2.11. The minimum absolute atomic E-state index is 0.0793. The van der Waals surface area contributed by atoms with Crippen LogP contribution in [0.4, 0.5) is 4.39 Å². The Labute approximate surface area is 126 Å². The van der Waals surface area contributed by atoms with E-state index in [4.69, 9.17) is 15.9 Å². The van der Waals surface area contributed by atoms with Gasteiger partial charge < -0.3 is 10.5 Å². The van der Waals surface area contributed by atoms with Crippen LogP contribution in [0.1, 0.15) is 34.3 Å². The maximum atomic E-state index is 13.4.